The summed E-state index contributed by atoms with van der Waals surface area (Å²) in [5.74, 6) is 0.0819. The molecule has 1 aliphatic carbocycles. The van der Waals surface area contributed by atoms with E-state index in [-0.39, 0.29) is 5.97 Å². The summed E-state index contributed by atoms with van der Waals surface area (Å²) in [6.07, 6.45) is 4.70. The van der Waals surface area contributed by atoms with Gasteiger partial charge in [-0.1, -0.05) is 18.1 Å². The maximum absolute atomic E-state index is 11.8. The fourth-order valence-corrected chi connectivity index (χ4v) is 2.50. The number of nitrogens with zero attached hydrogens (tertiary/aromatic N) is 3. The predicted octanol–water partition coefficient (Wildman–Crippen LogP) is 2.13. The average molecular weight is 237 g/mol. The maximum atomic E-state index is 11.8. The van der Waals surface area contributed by atoms with Gasteiger partial charge >= 0.3 is 5.97 Å². The Hall–Kier alpha value is -1.39. The lowest BCUT2D eigenvalue weighted by molar-refractivity contribution is 0.0517. The third-order valence-corrected chi connectivity index (χ3v) is 3.28. The summed E-state index contributed by atoms with van der Waals surface area (Å²) in [5.41, 5.74) is 1.39. The van der Waals surface area contributed by atoms with Crippen LogP contribution in [0, 0.1) is 0 Å². The van der Waals surface area contributed by atoms with Gasteiger partial charge in [-0.2, -0.15) is 0 Å². The first kappa shape index (κ1) is 12.1. The van der Waals surface area contributed by atoms with E-state index in [1.54, 1.807) is 6.92 Å². The van der Waals surface area contributed by atoms with Crippen molar-refractivity contribution in [2.75, 3.05) is 6.61 Å². The van der Waals surface area contributed by atoms with Crippen molar-refractivity contribution >= 4 is 5.97 Å². The van der Waals surface area contributed by atoms with Crippen LogP contribution in [0.15, 0.2) is 0 Å². The molecule has 0 aliphatic heterocycles. The molecule has 0 bridgehead atoms. The number of esters is 1. The van der Waals surface area contributed by atoms with Gasteiger partial charge in [-0.15, -0.1) is 5.10 Å². The number of aromatic nitrogens is 3. The highest BCUT2D eigenvalue weighted by atomic mass is 16.5. The molecule has 1 fully saturated rings. The third kappa shape index (κ3) is 2.33. The Balaban J connectivity index is 2.31. The number of carbonyl (C=O) groups excluding carboxylic acids is 1. The van der Waals surface area contributed by atoms with Crippen LogP contribution in [0.4, 0.5) is 0 Å². The molecule has 0 radical (unpaired) electrons. The Bertz CT molecular complexity index is 394. The fourth-order valence-electron chi connectivity index (χ4n) is 2.50. The van der Waals surface area contributed by atoms with Gasteiger partial charge in [0.1, 0.15) is 0 Å². The van der Waals surface area contributed by atoms with Crippen LogP contribution in [0.1, 0.15) is 61.6 Å². The molecule has 1 aromatic rings. The normalized spacial score (nSPS) is 16.4. The molecule has 0 spiro atoms. The molecule has 0 saturated heterocycles. The summed E-state index contributed by atoms with van der Waals surface area (Å²) in [7, 11) is 0. The largest absolute Gasteiger partial charge is 0.461 e. The zero-order valence-electron chi connectivity index (χ0n) is 10.5. The van der Waals surface area contributed by atoms with E-state index in [9.17, 15) is 4.79 Å². The van der Waals surface area contributed by atoms with E-state index in [0.29, 0.717) is 18.2 Å². The average Bonchev–Trinajstić information content (AvgIpc) is 2.97. The molecule has 94 valence electrons. The molecule has 5 heteroatoms. The van der Waals surface area contributed by atoms with Crippen LogP contribution in [0.25, 0.3) is 0 Å². The predicted molar refractivity (Wildman–Crippen MR) is 62.9 cm³/mol. The lowest BCUT2D eigenvalue weighted by Crippen LogP contribution is -2.13. The van der Waals surface area contributed by atoms with Gasteiger partial charge in [-0.05, 0) is 26.7 Å². The van der Waals surface area contributed by atoms with E-state index in [2.05, 4.69) is 10.3 Å². The molecule has 0 atom stereocenters. The molecule has 5 nitrogen and oxygen atoms in total. The van der Waals surface area contributed by atoms with E-state index in [1.165, 1.54) is 12.8 Å². The smallest absolute Gasteiger partial charge is 0.360 e. The minimum atomic E-state index is -0.339. The first-order valence-corrected chi connectivity index (χ1v) is 6.38. The lowest BCUT2D eigenvalue weighted by atomic mass is 10.0. The summed E-state index contributed by atoms with van der Waals surface area (Å²) in [5, 5.41) is 8.04. The first-order valence-electron chi connectivity index (χ1n) is 6.38. The molecule has 1 heterocycles. The van der Waals surface area contributed by atoms with Gasteiger partial charge in [0, 0.05) is 12.5 Å². The molecule has 17 heavy (non-hydrogen) atoms. The van der Waals surface area contributed by atoms with E-state index in [4.69, 9.17) is 4.74 Å². The van der Waals surface area contributed by atoms with Crippen molar-refractivity contribution in [3.8, 4) is 0 Å². The summed E-state index contributed by atoms with van der Waals surface area (Å²) >= 11 is 0. The molecule has 0 unspecified atom stereocenters. The Morgan fingerprint density at radius 3 is 2.71 bits per heavy atom. The van der Waals surface area contributed by atoms with Crippen LogP contribution in [-0.2, 0) is 11.3 Å². The standard InChI is InChI=1S/C12H19N3O2/c1-3-15-11(9-7-5-6-8-9)10(13-14-15)12(16)17-4-2/h9H,3-8H2,1-2H3. The molecule has 2 rings (SSSR count). The van der Waals surface area contributed by atoms with Crippen molar-refractivity contribution in [2.24, 2.45) is 0 Å². The van der Waals surface area contributed by atoms with Crippen molar-refractivity contribution in [2.45, 2.75) is 52.0 Å². The first-order chi connectivity index (χ1) is 8.27. The highest BCUT2D eigenvalue weighted by Crippen LogP contribution is 2.35. The number of hydrogen-bond acceptors (Lipinski definition) is 4. The second-order valence-electron chi connectivity index (χ2n) is 4.34. The number of aryl methyl sites for hydroxylation is 1. The molecule has 1 saturated carbocycles. The van der Waals surface area contributed by atoms with Crippen LogP contribution < -0.4 is 0 Å². The Morgan fingerprint density at radius 2 is 2.12 bits per heavy atom. The SMILES string of the molecule is CCOC(=O)c1nnn(CC)c1C1CCCC1. The number of ether oxygens (including phenoxy) is 1. The monoisotopic (exact) mass is 237 g/mol. The van der Waals surface area contributed by atoms with Gasteiger partial charge in [0.25, 0.3) is 0 Å². The molecule has 0 aromatic carbocycles. The van der Waals surface area contributed by atoms with Crippen LogP contribution >= 0.6 is 0 Å². The van der Waals surface area contributed by atoms with Gasteiger partial charge in [0.05, 0.1) is 12.3 Å². The third-order valence-electron chi connectivity index (χ3n) is 3.28. The van der Waals surface area contributed by atoms with Crippen LogP contribution in [0.2, 0.25) is 0 Å². The fraction of sp³-hybridized carbons (Fsp3) is 0.750. The second-order valence-corrected chi connectivity index (χ2v) is 4.34. The van der Waals surface area contributed by atoms with Crippen molar-refractivity contribution in [1.29, 1.82) is 0 Å². The Kier molecular flexibility index (Phi) is 3.76. The van der Waals surface area contributed by atoms with E-state index in [0.717, 1.165) is 25.1 Å². The van der Waals surface area contributed by atoms with Crippen molar-refractivity contribution in [1.82, 2.24) is 15.0 Å². The minimum absolute atomic E-state index is 0.339. The van der Waals surface area contributed by atoms with E-state index in [1.807, 2.05) is 11.6 Å². The topological polar surface area (TPSA) is 57.0 Å². The number of rotatable bonds is 4. The summed E-state index contributed by atoms with van der Waals surface area (Å²) in [6.45, 7) is 4.94. The van der Waals surface area contributed by atoms with Gasteiger partial charge in [0.2, 0.25) is 0 Å². The van der Waals surface area contributed by atoms with Crippen molar-refractivity contribution in [3.05, 3.63) is 11.4 Å². The second kappa shape index (κ2) is 5.29. The summed E-state index contributed by atoms with van der Waals surface area (Å²) < 4.78 is 6.87. The molecular formula is C12H19N3O2. The highest BCUT2D eigenvalue weighted by Gasteiger charge is 2.28. The molecule has 1 aliphatic rings. The maximum Gasteiger partial charge on any atom is 0.360 e. The van der Waals surface area contributed by atoms with Crippen LogP contribution in [-0.4, -0.2) is 27.6 Å². The molecule has 0 N–H and O–H groups in total. The Labute approximate surface area is 101 Å². The van der Waals surface area contributed by atoms with Crippen LogP contribution in [0.5, 0.6) is 0 Å². The molecular weight excluding hydrogens is 218 g/mol. The zero-order chi connectivity index (χ0) is 12.3. The van der Waals surface area contributed by atoms with E-state index < -0.39 is 0 Å². The van der Waals surface area contributed by atoms with Gasteiger partial charge in [-0.25, -0.2) is 9.48 Å². The van der Waals surface area contributed by atoms with Crippen LogP contribution in [0.3, 0.4) is 0 Å². The summed E-state index contributed by atoms with van der Waals surface area (Å²) in [6, 6.07) is 0. The van der Waals surface area contributed by atoms with E-state index >= 15 is 0 Å². The number of hydrogen-bond donors (Lipinski definition) is 0. The zero-order valence-corrected chi connectivity index (χ0v) is 10.5. The Morgan fingerprint density at radius 1 is 1.41 bits per heavy atom. The minimum Gasteiger partial charge on any atom is -0.461 e. The highest BCUT2D eigenvalue weighted by molar-refractivity contribution is 5.88. The molecule has 1 aromatic heterocycles. The summed E-state index contributed by atoms with van der Waals surface area (Å²) in [4.78, 5) is 11.8. The van der Waals surface area contributed by atoms with Gasteiger partial charge < -0.3 is 4.74 Å². The van der Waals surface area contributed by atoms with Crippen molar-refractivity contribution in [3.63, 3.8) is 0 Å². The van der Waals surface area contributed by atoms with Gasteiger partial charge in [0.15, 0.2) is 5.69 Å². The van der Waals surface area contributed by atoms with Gasteiger partial charge in [-0.3, -0.25) is 0 Å². The number of carbonyl (C=O) groups is 1. The quantitative estimate of drug-likeness (QED) is 0.753. The van der Waals surface area contributed by atoms with Crippen molar-refractivity contribution < 1.29 is 9.53 Å². The lowest BCUT2D eigenvalue weighted by Gasteiger charge is -2.11. The molecule has 0 amide bonds.